The summed E-state index contributed by atoms with van der Waals surface area (Å²) in [6.07, 6.45) is 5.10. The van der Waals surface area contributed by atoms with E-state index in [1.54, 1.807) is 6.20 Å². The average Bonchev–Trinajstić information content (AvgIpc) is 2.99. The lowest BCUT2D eigenvalue weighted by molar-refractivity contribution is 0.0917. The quantitative estimate of drug-likeness (QED) is 0.823. The van der Waals surface area contributed by atoms with E-state index in [-0.39, 0.29) is 11.9 Å². The van der Waals surface area contributed by atoms with E-state index in [9.17, 15) is 4.79 Å². The van der Waals surface area contributed by atoms with Crippen LogP contribution in [-0.2, 0) is 4.74 Å². The van der Waals surface area contributed by atoms with Crippen LogP contribution >= 0.6 is 0 Å². The summed E-state index contributed by atoms with van der Waals surface area (Å²) in [6, 6.07) is 0.0825. The molecule has 0 saturated carbocycles. The van der Waals surface area contributed by atoms with E-state index in [2.05, 4.69) is 27.5 Å². The van der Waals surface area contributed by atoms with E-state index in [4.69, 9.17) is 4.74 Å². The van der Waals surface area contributed by atoms with Gasteiger partial charge in [0.15, 0.2) is 0 Å². The van der Waals surface area contributed by atoms with Crippen LogP contribution in [-0.4, -0.2) is 41.7 Å². The van der Waals surface area contributed by atoms with Crippen LogP contribution in [0.5, 0.6) is 0 Å². The van der Waals surface area contributed by atoms with E-state index >= 15 is 0 Å². The molecule has 1 fully saturated rings. The summed E-state index contributed by atoms with van der Waals surface area (Å²) in [5.41, 5.74) is 0.344. The molecule has 2 unspecified atom stereocenters. The minimum Gasteiger partial charge on any atom is -0.381 e. The van der Waals surface area contributed by atoms with Crippen LogP contribution < -0.4 is 10.6 Å². The van der Waals surface area contributed by atoms with Crippen LogP contribution in [0.1, 0.15) is 37.2 Å². The van der Waals surface area contributed by atoms with Gasteiger partial charge >= 0.3 is 0 Å². The highest BCUT2D eigenvalue weighted by atomic mass is 16.5. The molecule has 6 heteroatoms. The van der Waals surface area contributed by atoms with E-state index in [1.165, 1.54) is 6.20 Å². The maximum absolute atomic E-state index is 12.2. The summed E-state index contributed by atoms with van der Waals surface area (Å²) in [7, 11) is 0. The lowest BCUT2D eigenvalue weighted by Gasteiger charge is -2.18. The molecule has 0 aromatic carbocycles. The first-order valence-corrected chi connectivity index (χ1v) is 7.15. The Morgan fingerprint density at radius 2 is 2.40 bits per heavy atom. The van der Waals surface area contributed by atoms with E-state index in [1.807, 2.05) is 6.92 Å². The molecule has 0 bridgehead atoms. The molecule has 2 rings (SSSR count). The fraction of sp³-hybridized carbons (Fsp3) is 0.643. The number of carbonyl (C=O) groups is 1. The van der Waals surface area contributed by atoms with E-state index in [0.717, 1.165) is 26.0 Å². The minimum absolute atomic E-state index is 0.0825. The van der Waals surface area contributed by atoms with Crippen LogP contribution in [0.2, 0.25) is 0 Å². The first-order chi connectivity index (χ1) is 9.70. The van der Waals surface area contributed by atoms with Gasteiger partial charge in [-0.25, -0.2) is 4.98 Å². The summed E-state index contributed by atoms with van der Waals surface area (Å²) in [5.74, 6) is 0.835. The standard InChI is InChI=1S/C14H22N4O2/c1-3-5-16-13-8-15-7-12(18-13)14(19)17-10(2)11-4-6-20-9-11/h7-8,10-11H,3-6,9H2,1-2H3,(H,16,18)(H,17,19). The number of carbonyl (C=O) groups excluding carboxylic acids is 1. The van der Waals surface area contributed by atoms with Gasteiger partial charge in [-0.15, -0.1) is 0 Å². The molecule has 20 heavy (non-hydrogen) atoms. The Hall–Kier alpha value is -1.69. The Balaban J connectivity index is 1.94. The van der Waals surface area contributed by atoms with E-state index < -0.39 is 0 Å². The fourth-order valence-electron chi connectivity index (χ4n) is 2.16. The van der Waals surface area contributed by atoms with Crippen molar-refractivity contribution in [3.05, 3.63) is 18.1 Å². The van der Waals surface area contributed by atoms with Crippen LogP contribution in [0.4, 0.5) is 5.82 Å². The van der Waals surface area contributed by atoms with Crippen molar-refractivity contribution in [2.75, 3.05) is 25.1 Å². The highest BCUT2D eigenvalue weighted by Gasteiger charge is 2.24. The molecule has 1 aliphatic heterocycles. The van der Waals surface area contributed by atoms with Crippen molar-refractivity contribution in [2.24, 2.45) is 5.92 Å². The zero-order valence-corrected chi connectivity index (χ0v) is 12.1. The molecule has 1 aliphatic rings. The Bertz CT molecular complexity index is 447. The summed E-state index contributed by atoms with van der Waals surface area (Å²) in [6.45, 7) is 6.38. The van der Waals surface area contributed by atoms with Crippen molar-refractivity contribution in [1.82, 2.24) is 15.3 Å². The monoisotopic (exact) mass is 278 g/mol. The third-order valence-corrected chi connectivity index (χ3v) is 3.45. The topological polar surface area (TPSA) is 76.1 Å². The zero-order chi connectivity index (χ0) is 14.4. The number of nitrogens with one attached hydrogen (secondary N) is 2. The maximum Gasteiger partial charge on any atom is 0.271 e. The van der Waals surface area contributed by atoms with Crippen molar-refractivity contribution in [3.63, 3.8) is 0 Å². The van der Waals surface area contributed by atoms with Gasteiger partial charge in [0.25, 0.3) is 5.91 Å². The Kier molecular flexibility index (Phi) is 5.29. The summed E-state index contributed by atoms with van der Waals surface area (Å²) >= 11 is 0. The summed E-state index contributed by atoms with van der Waals surface area (Å²) < 4.78 is 5.34. The lowest BCUT2D eigenvalue weighted by atomic mass is 10.0. The smallest absolute Gasteiger partial charge is 0.271 e. The number of nitrogens with zero attached hydrogens (tertiary/aromatic N) is 2. The van der Waals surface area contributed by atoms with Crippen molar-refractivity contribution in [2.45, 2.75) is 32.7 Å². The molecule has 110 valence electrons. The third kappa shape index (κ3) is 3.90. The van der Waals surface area contributed by atoms with Gasteiger partial charge in [-0.3, -0.25) is 9.78 Å². The van der Waals surface area contributed by atoms with Crippen molar-refractivity contribution < 1.29 is 9.53 Å². The predicted molar refractivity (Wildman–Crippen MR) is 76.7 cm³/mol. The highest BCUT2D eigenvalue weighted by Crippen LogP contribution is 2.16. The largest absolute Gasteiger partial charge is 0.381 e. The molecule has 2 N–H and O–H groups in total. The SMILES string of the molecule is CCCNc1cncc(C(=O)NC(C)C2CCOC2)n1. The number of hydrogen-bond donors (Lipinski definition) is 2. The van der Waals surface area contributed by atoms with Crippen molar-refractivity contribution in [1.29, 1.82) is 0 Å². The molecule has 0 radical (unpaired) electrons. The van der Waals surface area contributed by atoms with Crippen molar-refractivity contribution in [3.8, 4) is 0 Å². The lowest BCUT2D eigenvalue weighted by Crippen LogP contribution is -2.38. The number of rotatable bonds is 6. The Morgan fingerprint density at radius 1 is 1.55 bits per heavy atom. The van der Waals surface area contributed by atoms with Gasteiger partial charge in [0.05, 0.1) is 19.0 Å². The van der Waals surface area contributed by atoms with E-state index in [0.29, 0.717) is 24.0 Å². The molecular formula is C14H22N4O2. The normalized spacial score (nSPS) is 19.6. The number of amides is 1. The molecule has 1 saturated heterocycles. The molecular weight excluding hydrogens is 256 g/mol. The Labute approximate surface area is 119 Å². The van der Waals surface area contributed by atoms with Crippen LogP contribution in [0.15, 0.2) is 12.4 Å². The van der Waals surface area contributed by atoms with Crippen LogP contribution in [0.3, 0.4) is 0 Å². The van der Waals surface area contributed by atoms with Gasteiger partial charge in [-0.05, 0) is 19.8 Å². The number of aromatic nitrogens is 2. The van der Waals surface area contributed by atoms with Gasteiger partial charge in [0.1, 0.15) is 11.5 Å². The van der Waals surface area contributed by atoms with Gasteiger partial charge in [0, 0.05) is 25.1 Å². The third-order valence-electron chi connectivity index (χ3n) is 3.45. The second-order valence-corrected chi connectivity index (χ2v) is 5.10. The number of hydrogen-bond acceptors (Lipinski definition) is 5. The van der Waals surface area contributed by atoms with Crippen LogP contribution in [0.25, 0.3) is 0 Å². The zero-order valence-electron chi connectivity index (χ0n) is 12.1. The average molecular weight is 278 g/mol. The highest BCUT2D eigenvalue weighted by molar-refractivity contribution is 5.92. The van der Waals surface area contributed by atoms with Gasteiger partial charge < -0.3 is 15.4 Å². The summed E-state index contributed by atoms with van der Waals surface area (Å²) in [5, 5.41) is 6.10. The fourth-order valence-corrected chi connectivity index (χ4v) is 2.16. The molecule has 1 aromatic rings. The molecule has 6 nitrogen and oxygen atoms in total. The van der Waals surface area contributed by atoms with Crippen LogP contribution in [0, 0.1) is 5.92 Å². The van der Waals surface area contributed by atoms with Gasteiger partial charge in [-0.1, -0.05) is 6.92 Å². The first kappa shape index (κ1) is 14.7. The molecule has 2 heterocycles. The predicted octanol–water partition coefficient (Wildman–Crippen LogP) is 1.45. The first-order valence-electron chi connectivity index (χ1n) is 7.15. The number of anilines is 1. The number of ether oxygens (including phenoxy) is 1. The molecule has 1 amide bonds. The van der Waals surface area contributed by atoms with Gasteiger partial charge in [0.2, 0.25) is 0 Å². The van der Waals surface area contributed by atoms with Crippen molar-refractivity contribution >= 4 is 11.7 Å². The molecule has 0 spiro atoms. The Morgan fingerprint density at radius 3 is 3.10 bits per heavy atom. The molecule has 1 aromatic heterocycles. The second-order valence-electron chi connectivity index (χ2n) is 5.10. The minimum atomic E-state index is -0.183. The maximum atomic E-state index is 12.2. The van der Waals surface area contributed by atoms with Gasteiger partial charge in [-0.2, -0.15) is 0 Å². The summed E-state index contributed by atoms with van der Waals surface area (Å²) in [4.78, 5) is 20.5. The molecule has 2 atom stereocenters. The second kappa shape index (κ2) is 7.19. The molecule has 0 aliphatic carbocycles.